The summed E-state index contributed by atoms with van der Waals surface area (Å²) in [5, 5.41) is 3.08. The van der Waals surface area contributed by atoms with Crippen LogP contribution in [0.1, 0.15) is 36.9 Å². The first-order valence-corrected chi connectivity index (χ1v) is 11.2. The maximum absolute atomic E-state index is 13.0. The number of ether oxygens (including phenoxy) is 1. The van der Waals surface area contributed by atoms with Crippen LogP contribution >= 0.6 is 0 Å². The number of benzene rings is 2. The van der Waals surface area contributed by atoms with Gasteiger partial charge in [0.25, 0.3) is 5.91 Å². The summed E-state index contributed by atoms with van der Waals surface area (Å²) in [5.41, 5.74) is 2.87. The lowest BCUT2D eigenvalue weighted by molar-refractivity contribution is -0.128. The Bertz CT molecular complexity index is 989. The third kappa shape index (κ3) is 3.46. The molecule has 1 aliphatic heterocycles. The molecule has 2 atom stereocenters. The number of amides is 1. The fourth-order valence-corrected chi connectivity index (χ4v) is 5.05. The molecule has 0 radical (unpaired) electrons. The Kier molecular flexibility index (Phi) is 5.02. The van der Waals surface area contributed by atoms with Gasteiger partial charge in [-0.05, 0) is 49.4 Å². The molecule has 1 amide bonds. The zero-order chi connectivity index (χ0) is 19.7. The monoisotopic (exact) mass is 400 g/mol. The summed E-state index contributed by atoms with van der Waals surface area (Å²) >= 11 is 0. The summed E-state index contributed by atoms with van der Waals surface area (Å²) < 4.78 is 32.3. The first kappa shape index (κ1) is 18.8. The molecule has 4 rings (SSSR count). The molecule has 148 valence electrons. The largest absolute Gasteiger partial charge is 0.476 e. The number of anilines is 1. The highest BCUT2D eigenvalue weighted by Gasteiger charge is 2.37. The highest BCUT2D eigenvalue weighted by molar-refractivity contribution is 7.92. The highest BCUT2D eigenvalue weighted by atomic mass is 32.2. The van der Waals surface area contributed by atoms with Crippen LogP contribution in [0.4, 0.5) is 5.69 Å². The van der Waals surface area contributed by atoms with Crippen molar-refractivity contribution in [2.24, 2.45) is 0 Å². The molecular weight excluding hydrogens is 376 g/mol. The van der Waals surface area contributed by atoms with Gasteiger partial charge in [0.15, 0.2) is 6.10 Å². The second kappa shape index (κ2) is 7.47. The Hall–Kier alpha value is -2.54. The zero-order valence-corrected chi connectivity index (χ0v) is 16.6. The summed E-state index contributed by atoms with van der Waals surface area (Å²) in [6.07, 6.45) is 2.00. The second-order valence-corrected chi connectivity index (χ2v) is 9.34. The van der Waals surface area contributed by atoms with Gasteiger partial charge in [0, 0.05) is 0 Å². The first-order valence-electron chi connectivity index (χ1n) is 9.64. The van der Waals surface area contributed by atoms with Crippen molar-refractivity contribution >= 4 is 21.6 Å². The van der Waals surface area contributed by atoms with E-state index in [1.807, 2.05) is 18.2 Å². The van der Waals surface area contributed by atoms with Crippen LogP contribution in [0.25, 0.3) is 0 Å². The number of nitrogens with one attached hydrogen (secondary N) is 1. The van der Waals surface area contributed by atoms with Gasteiger partial charge in [0.1, 0.15) is 5.75 Å². The van der Waals surface area contributed by atoms with E-state index in [9.17, 15) is 13.2 Å². The molecule has 0 saturated heterocycles. The van der Waals surface area contributed by atoms with Gasteiger partial charge >= 0.3 is 0 Å². The van der Waals surface area contributed by atoms with Crippen molar-refractivity contribution in [2.45, 2.75) is 38.3 Å². The summed E-state index contributed by atoms with van der Waals surface area (Å²) in [5.74, 6) is 0.0913. The number of hydrogen-bond donors (Lipinski definition) is 1. The van der Waals surface area contributed by atoms with Crippen LogP contribution in [0.5, 0.6) is 5.75 Å². The smallest absolute Gasteiger partial charge is 0.263 e. The fraction of sp³-hybridized carbons (Fsp3) is 0.381. The molecule has 0 bridgehead atoms. The molecule has 1 aliphatic carbocycles. The molecule has 6 nitrogen and oxygen atoms in total. The Labute approximate surface area is 165 Å². The Morgan fingerprint density at radius 3 is 2.75 bits per heavy atom. The van der Waals surface area contributed by atoms with Gasteiger partial charge in [-0.15, -0.1) is 0 Å². The quantitative estimate of drug-likeness (QED) is 0.856. The minimum atomic E-state index is -3.51. The molecule has 2 aromatic carbocycles. The maximum Gasteiger partial charge on any atom is 0.263 e. The van der Waals surface area contributed by atoms with E-state index >= 15 is 0 Å². The number of rotatable bonds is 4. The number of sulfonamides is 1. The van der Waals surface area contributed by atoms with Gasteiger partial charge in [-0.2, -0.15) is 0 Å². The molecule has 1 heterocycles. The predicted molar refractivity (Wildman–Crippen MR) is 108 cm³/mol. The third-order valence-electron chi connectivity index (χ3n) is 5.41. The molecule has 2 aliphatic rings. The summed E-state index contributed by atoms with van der Waals surface area (Å²) in [6, 6.07) is 15.0. The van der Waals surface area contributed by atoms with Crippen LogP contribution in [0, 0.1) is 0 Å². The number of para-hydroxylation sites is 2. The molecule has 0 fully saturated rings. The molecule has 2 aromatic rings. The van der Waals surface area contributed by atoms with Gasteiger partial charge in [-0.3, -0.25) is 9.10 Å². The predicted octanol–water partition coefficient (Wildman–Crippen LogP) is 2.80. The van der Waals surface area contributed by atoms with E-state index in [0.717, 1.165) is 24.8 Å². The lowest BCUT2D eigenvalue weighted by Gasteiger charge is -2.35. The average molecular weight is 401 g/mol. The molecule has 0 aromatic heterocycles. The fourth-order valence-electron chi connectivity index (χ4n) is 3.93. The molecule has 0 unspecified atom stereocenters. The van der Waals surface area contributed by atoms with Crippen molar-refractivity contribution in [3.63, 3.8) is 0 Å². The Balaban J connectivity index is 1.58. The van der Waals surface area contributed by atoms with Crippen molar-refractivity contribution in [1.82, 2.24) is 5.32 Å². The number of carbonyl (C=O) groups is 1. The van der Waals surface area contributed by atoms with Crippen LogP contribution in [0.2, 0.25) is 0 Å². The van der Waals surface area contributed by atoms with Crippen molar-refractivity contribution in [3.8, 4) is 5.75 Å². The molecule has 28 heavy (non-hydrogen) atoms. The van der Waals surface area contributed by atoms with Crippen molar-refractivity contribution < 1.29 is 17.9 Å². The van der Waals surface area contributed by atoms with E-state index < -0.39 is 16.1 Å². The van der Waals surface area contributed by atoms with Gasteiger partial charge in [0.05, 0.1) is 24.0 Å². The number of fused-ring (bicyclic) bond motifs is 2. The van der Waals surface area contributed by atoms with E-state index in [2.05, 4.69) is 11.4 Å². The highest BCUT2D eigenvalue weighted by Crippen LogP contribution is 2.35. The van der Waals surface area contributed by atoms with Crippen molar-refractivity contribution in [1.29, 1.82) is 0 Å². The SMILES string of the molecule is CCS(=O)(=O)N1C[C@@H](C(=O)N[C@@H]2CCCc3ccccc32)Oc2ccccc21. The Morgan fingerprint density at radius 2 is 1.93 bits per heavy atom. The van der Waals surface area contributed by atoms with Gasteiger partial charge < -0.3 is 10.1 Å². The minimum Gasteiger partial charge on any atom is -0.476 e. The number of carbonyl (C=O) groups excluding carboxylic acids is 1. The van der Waals surface area contributed by atoms with Crippen LogP contribution in [0.3, 0.4) is 0 Å². The van der Waals surface area contributed by atoms with Gasteiger partial charge in [-0.25, -0.2) is 8.42 Å². The topological polar surface area (TPSA) is 75.7 Å². The number of hydrogen-bond acceptors (Lipinski definition) is 4. The molecule has 1 N–H and O–H groups in total. The van der Waals surface area contributed by atoms with Crippen molar-refractivity contribution in [3.05, 3.63) is 59.7 Å². The zero-order valence-electron chi connectivity index (χ0n) is 15.8. The van der Waals surface area contributed by atoms with E-state index in [1.54, 1.807) is 31.2 Å². The summed E-state index contributed by atoms with van der Waals surface area (Å²) in [6.45, 7) is 1.58. The molecular formula is C21H24N2O4S. The van der Waals surface area contributed by atoms with Gasteiger partial charge in [-0.1, -0.05) is 36.4 Å². The summed E-state index contributed by atoms with van der Waals surface area (Å²) in [4.78, 5) is 13.0. The third-order valence-corrected chi connectivity index (χ3v) is 7.16. The normalized spacial score (nSPS) is 21.2. The van der Waals surface area contributed by atoms with Gasteiger partial charge in [0.2, 0.25) is 10.0 Å². The van der Waals surface area contributed by atoms with Crippen LogP contribution in [0.15, 0.2) is 48.5 Å². The van der Waals surface area contributed by atoms with E-state index in [0.29, 0.717) is 11.4 Å². The molecule has 0 saturated carbocycles. The van der Waals surface area contributed by atoms with Crippen LogP contribution < -0.4 is 14.4 Å². The molecule has 0 spiro atoms. The van der Waals surface area contributed by atoms with Crippen molar-refractivity contribution in [2.75, 3.05) is 16.6 Å². The maximum atomic E-state index is 13.0. The van der Waals surface area contributed by atoms with Crippen LogP contribution in [-0.2, 0) is 21.2 Å². The number of aryl methyl sites for hydroxylation is 1. The van der Waals surface area contributed by atoms with Crippen LogP contribution in [-0.4, -0.2) is 32.7 Å². The molecule has 7 heteroatoms. The standard InChI is InChI=1S/C21H24N2O4S/c1-2-28(25,26)23-14-20(27-19-13-6-5-12-18(19)23)21(24)22-17-11-7-9-15-8-3-4-10-16(15)17/h3-6,8,10,12-13,17,20H,2,7,9,11,14H2,1H3,(H,22,24)/t17-,20+/m1/s1. The Morgan fingerprint density at radius 1 is 1.18 bits per heavy atom. The minimum absolute atomic E-state index is 0.0204. The average Bonchev–Trinajstić information content (AvgIpc) is 2.73. The first-order chi connectivity index (χ1) is 13.5. The van der Waals surface area contributed by atoms with E-state index in [4.69, 9.17) is 4.74 Å². The lowest BCUT2D eigenvalue weighted by atomic mass is 9.87. The van der Waals surface area contributed by atoms with E-state index in [1.165, 1.54) is 9.87 Å². The second-order valence-electron chi connectivity index (χ2n) is 7.16. The summed E-state index contributed by atoms with van der Waals surface area (Å²) in [7, 11) is -3.51. The lowest BCUT2D eigenvalue weighted by Crippen LogP contribution is -2.51. The number of nitrogens with zero attached hydrogens (tertiary/aromatic N) is 1. The van der Waals surface area contributed by atoms with E-state index in [-0.39, 0.29) is 24.2 Å².